The molecule has 0 spiro atoms. The molecule has 2 heterocycles. The van der Waals surface area contributed by atoms with Crippen molar-refractivity contribution in [1.82, 2.24) is 4.31 Å². The Labute approximate surface area is 188 Å². The first kappa shape index (κ1) is 22.6. The minimum absolute atomic E-state index is 0.0715. The van der Waals surface area contributed by atoms with Gasteiger partial charge < -0.3 is 9.64 Å². The van der Waals surface area contributed by atoms with Crippen molar-refractivity contribution in [3.05, 3.63) is 48.0 Å². The third-order valence-electron chi connectivity index (χ3n) is 5.75. The molecule has 2 aliphatic rings. The Kier molecular flexibility index (Phi) is 5.91. The Morgan fingerprint density at radius 3 is 2.28 bits per heavy atom. The number of nitrogens with zero attached hydrogens (tertiary/aromatic N) is 3. The van der Waals surface area contributed by atoms with Crippen LogP contribution in [0.2, 0.25) is 0 Å². The number of anilines is 2. The number of para-hydroxylation sites is 2. The lowest BCUT2D eigenvalue weighted by molar-refractivity contribution is -0.116. The van der Waals surface area contributed by atoms with Crippen LogP contribution in [-0.2, 0) is 24.8 Å². The maximum atomic E-state index is 13.3. The lowest BCUT2D eigenvalue weighted by Crippen LogP contribution is -2.48. The van der Waals surface area contributed by atoms with Crippen LogP contribution < -0.4 is 13.9 Å². The topological polar surface area (TPSA) is 104 Å². The molecule has 32 heavy (non-hydrogen) atoms. The number of aryl methyl sites for hydroxylation is 1. The molecule has 0 aliphatic carbocycles. The van der Waals surface area contributed by atoms with Gasteiger partial charge in [-0.1, -0.05) is 12.1 Å². The van der Waals surface area contributed by atoms with Gasteiger partial charge in [0.15, 0.2) is 0 Å². The van der Waals surface area contributed by atoms with Crippen LogP contribution in [0.15, 0.2) is 47.4 Å². The molecule has 1 amide bonds. The van der Waals surface area contributed by atoms with Crippen molar-refractivity contribution in [2.24, 2.45) is 0 Å². The predicted octanol–water partition coefficient (Wildman–Crippen LogP) is 1.58. The van der Waals surface area contributed by atoms with E-state index in [2.05, 4.69) is 4.90 Å². The summed E-state index contributed by atoms with van der Waals surface area (Å²) in [5.41, 5.74) is 1.48. The summed E-state index contributed by atoms with van der Waals surface area (Å²) in [6.45, 7) is 3.24. The third-order valence-corrected chi connectivity index (χ3v) is 9.50. The monoisotopic (exact) mass is 479 g/mol. The number of sulfonamides is 2. The summed E-state index contributed by atoms with van der Waals surface area (Å²) in [4.78, 5) is 14.2. The van der Waals surface area contributed by atoms with Crippen molar-refractivity contribution in [2.75, 3.05) is 48.2 Å². The van der Waals surface area contributed by atoms with Crippen LogP contribution in [-0.4, -0.2) is 66.1 Å². The van der Waals surface area contributed by atoms with Gasteiger partial charge in [-0.25, -0.2) is 21.1 Å². The van der Waals surface area contributed by atoms with Gasteiger partial charge in [-0.3, -0.25) is 4.79 Å². The number of benzene rings is 2. The number of rotatable bonds is 5. The molecule has 0 radical (unpaired) electrons. The summed E-state index contributed by atoms with van der Waals surface area (Å²) in [5, 5.41) is 0. The van der Waals surface area contributed by atoms with E-state index in [1.807, 2.05) is 24.3 Å². The zero-order chi connectivity index (χ0) is 23.1. The fourth-order valence-electron chi connectivity index (χ4n) is 4.12. The average Bonchev–Trinajstić information content (AvgIpc) is 3.05. The third kappa shape index (κ3) is 3.96. The molecule has 0 aromatic heterocycles. The van der Waals surface area contributed by atoms with E-state index in [4.69, 9.17) is 4.74 Å². The highest BCUT2D eigenvalue weighted by Crippen LogP contribution is 2.32. The number of methoxy groups -OCH3 is 1. The number of piperazine rings is 1. The minimum atomic E-state index is -3.77. The van der Waals surface area contributed by atoms with Crippen LogP contribution in [0, 0.1) is 6.92 Å². The number of hydrogen-bond acceptors (Lipinski definition) is 7. The van der Waals surface area contributed by atoms with E-state index in [1.54, 1.807) is 14.0 Å². The molecule has 2 aromatic carbocycles. The van der Waals surface area contributed by atoms with Crippen LogP contribution >= 0.6 is 0 Å². The van der Waals surface area contributed by atoms with E-state index in [0.29, 0.717) is 31.7 Å². The molecule has 2 fully saturated rings. The number of carbonyl (C=O) groups excluding carboxylic acids is 1. The second kappa shape index (κ2) is 8.38. The lowest BCUT2D eigenvalue weighted by atomic mass is 10.2. The lowest BCUT2D eigenvalue weighted by Gasteiger charge is -2.36. The fourth-order valence-corrected chi connectivity index (χ4v) is 7.20. The fraction of sp³-hybridized carbons (Fsp3) is 0.381. The second-order valence-electron chi connectivity index (χ2n) is 7.74. The van der Waals surface area contributed by atoms with Crippen LogP contribution in [0.25, 0.3) is 0 Å². The molecular weight excluding hydrogens is 454 g/mol. The molecule has 9 nitrogen and oxygen atoms in total. The summed E-state index contributed by atoms with van der Waals surface area (Å²) in [5.74, 6) is -0.00405. The summed E-state index contributed by atoms with van der Waals surface area (Å²) in [6.07, 6.45) is -0.0715. The molecule has 0 bridgehead atoms. The van der Waals surface area contributed by atoms with E-state index >= 15 is 0 Å². The van der Waals surface area contributed by atoms with E-state index in [-0.39, 0.29) is 22.8 Å². The first-order valence-electron chi connectivity index (χ1n) is 10.2. The summed E-state index contributed by atoms with van der Waals surface area (Å²) < 4.78 is 58.5. The van der Waals surface area contributed by atoms with E-state index < -0.39 is 26.0 Å². The highest BCUT2D eigenvalue weighted by atomic mass is 32.2. The van der Waals surface area contributed by atoms with Gasteiger partial charge in [0.2, 0.25) is 26.0 Å². The largest absolute Gasteiger partial charge is 0.495 e. The number of amides is 1. The first-order valence-corrected chi connectivity index (χ1v) is 13.2. The molecule has 4 rings (SSSR count). The normalized spacial score (nSPS) is 19.4. The second-order valence-corrected chi connectivity index (χ2v) is 11.6. The van der Waals surface area contributed by atoms with Gasteiger partial charge in [-0.2, -0.15) is 4.31 Å². The Morgan fingerprint density at radius 2 is 1.69 bits per heavy atom. The summed E-state index contributed by atoms with van der Waals surface area (Å²) >= 11 is 0. The molecule has 0 atom stereocenters. The van der Waals surface area contributed by atoms with Gasteiger partial charge in [0.05, 0.1) is 29.1 Å². The van der Waals surface area contributed by atoms with Crippen LogP contribution in [0.1, 0.15) is 12.0 Å². The van der Waals surface area contributed by atoms with Crippen LogP contribution in [0.3, 0.4) is 0 Å². The van der Waals surface area contributed by atoms with Crippen molar-refractivity contribution in [3.63, 3.8) is 0 Å². The first-order chi connectivity index (χ1) is 15.1. The Balaban J connectivity index is 1.54. The van der Waals surface area contributed by atoms with Gasteiger partial charge >= 0.3 is 0 Å². The van der Waals surface area contributed by atoms with E-state index in [9.17, 15) is 21.6 Å². The Bertz CT molecular complexity index is 1250. The molecule has 2 aliphatic heterocycles. The van der Waals surface area contributed by atoms with Gasteiger partial charge in [0.1, 0.15) is 5.75 Å². The average molecular weight is 480 g/mol. The molecule has 0 unspecified atom stereocenters. The van der Waals surface area contributed by atoms with Gasteiger partial charge in [0.25, 0.3) is 0 Å². The molecule has 172 valence electrons. The highest BCUT2D eigenvalue weighted by molar-refractivity contribution is 7.94. The maximum Gasteiger partial charge on any atom is 0.243 e. The number of hydrogen-bond donors (Lipinski definition) is 0. The standard InChI is InChI=1S/C21H25N3O6S2/c1-16-15-17(24-21(25)9-14-31(24,26)27)7-8-20(16)32(28,29)23-12-10-22(11-13-23)18-5-3-4-6-19(18)30-2/h3-8,15H,9-14H2,1-2H3. The minimum Gasteiger partial charge on any atom is -0.495 e. The molecule has 0 N–H and O–H groups in total. The molecule has 2 saturated heterocycles. The van der Waals surface area contributed by atoms with Crippen molar-refractivity contribution < 1.29 is 26.4 Å². The number of ether oxygens (including phenoxy) is 1. The molecule has 11 heteroatoms. The number of carbonyl (C=O) groups is 1. The summed E-state index contributed by atoms with van der Waals surface area (Å²) in [6, 6.07) is 11.8. The van der Waals surface area contributed by atoms with Crippen molar-refractivity contribution in [1.29, 1.82) is 0 Å². The van der Waals surface area contributed by atoms with Crippen molar-refractivity contribution in [3.8, 4) is 5.75 Å². The predicted molar refractivity (Wildman–Crippen MR) is 121 cm³/mol. The quantitative estimate of drug-likeness (QED) is 0.641. The maximum absolute atomic E-state index is 13.3. The van der Waals surface area contributed by atoms with E-state index in [0.717, 1.165) is 15.7 Å². The van der Waals surface area contributed by atoms with Crippen molar-refractivity contribution >= 4 is 37.3 Å². The zero-order valence-corrected chi connectivity index (χ0v) is 19.5. The van der Waals surface area contributed by atoms with E-state index in [1.165, 1.54) is 22.5 Å². The van der Waals surface area contributed by atoms with Crippen LogP contribution in [0.4, 0.5) is 11.4 Å². The smallest absolute Gasteiger partial charge is 0.243 e. The Morgan fingerprint density at radius 1 is 1.00 bits per heavy atom. The van der Waals surface area contributed by atoms with Crippen LogP contribution in [0.5, 0.6) is 5.75 Å². The molecule has 0 saturated carbocycles. The van der Waals surface area contributed by atoms with Crippen molar-refractivity contribution in [2.45, 2.75) is 18.2 Å². The SMILES string of the molecule is COc1ccccc1N1CCN(S(=O)(=O)c2ccc(N3C(=O)CCS3(=O)=O)cc2C)CC1. The van der Waals surface area contributed by atoms with Gasteiger partial charge in [-0.05, 0) is 42.8 Å². The zero-order valence-electron chi connectivity index (χ0n) is 17.9. The van der Waals surface area contributed by atoms with Gasteiger partial charge in [-0.15, -0.1) is 0 Å². The molecule has 2 aromatic rings. The molecular formula is C21H25N3O6S2. The highest BCUT2D eigenvalue weighted by Gasteiger charge is 2.37. The summed E-state index contributed by atoms with van der Waals surface area (Å²) in [7, 11) is -5.87. The Hall–Kier alpha value is -2.63. The van der Waals surface area contributed by atoms with Gasteiger partial charge in [0, 0.05) is 32.6 Å².